The van der Waals surface area contributed by atoms with E-state index in [9.17, 15) is 0 Å². The zero-order valence-electron chi connectivity index (χ0n) is 10.6. The maximum absolute atomic E-state index is 5.61. The lowest BCUT2D eigenvalue weighted by Crippen LogP contribution is -2.52. The molecule has 1 rings (SSSR count). The van der Waals surface area contributed by atoms with Gasteiger partial charge in [0.25, 0.3) is 0 Å². The average Bonchev–Trinajstić information content (AvgIpc) is 2.22. The van der Waals surface area contributed by atoms with Crippen LogP contribution in [0.15, 0.2) is 0 Å². The molecule has 0 unspecified atom stereocenters. The van der Waals surface area contributed by atoms with Gasteiger partial charge in [0.15, 0.2) is 0 Å². The monoisotopic (exact) mass is 208 g/mol. The van der Waals surface area contributed by atoms with Gasteiger partial charge in [-0.15, -0.1) is 6.42 Å². The van der Waals surface area contributed by atoms with E-state index in [1.54, 1.807) is 0 Å². The van der Waals surface area contributed by atoms with Gasteiger partial charge in [0.1, 0.15) is 0 Å². The summed E-state index contributed by atoms with van der Waals surface area (Å²) in [7, 11) is 2.19. The van der Waals surface area contributed by atoms with Crippen molar-refractivity contribution in [2.75, 3.05) is 26.7 Å². The topological polar surface area (TPSA) is 6.48 Å². The summed E-state index contributed by atoms with van der Waals surface area (Å²) in [6, 6.07) is 0.664. The molecule has 0 bridgehead atoms. The van der Waals surface area contributed by atoms with Crippen LogP contribution in [0.1, 0.15) is 33.6 Å². The molecule has 0 aliphatic carbocycles. The normalized spacial score (nSPS) is 20.5. The van der Waals surface area contributed by atoms with Crippen molar-refractivity contribution >= 4 is 0 Å². The Morgan fingerprint density at radius 2 is 1.93 bits per heavy atom. The molecule has 2 nitrogen and oxygen atoms in total. The predicted octanol–water partition coefficient (Wildman–Crippen LogP) is 1.81. The zero-order chi connectivity index (χ0) is 11.5. The van der Waals surface area contributed by atoms with Crippen molar-refractivity contribution in [3.63, 3.8) is 0 Å². The molecule has 0 radical (unpaired) electrons. The second kappa shape index (κ2) is 5.01. The van der Waals surface area contributed by atoms with Gasteiger partial charge in [-0.3, -0.25) is 4.90 Å². The quantitative estimate of drug-likeness (QED) is 0.653. The standard InChI is InChI=1S/C13H24N2/c1-6-13(3,4)15(7-2)12-8-10-14(5)11-9-12/h1,12H,7-11H2,2-5H3. The Hall–Kier alpha value is -0.520. The van der Waals surface area contributed by atoms with Gasteiger partial charge in [-0.05, 0) is 53.4 Å². The lowest BCUT2D eigenvalue weighted by atomic mass is 9.96. The van der Waals surface area contributed by atoms with Crippen molar-refractivity contribution in [1.29, 1.82) is 0 Å². The molecule has 15 heavy (non-hydrogen) atoms. The highest BCUT2D eigenvalue weighted by atomic mass is 15.2. The van der Waals surface area contributed by atoms with Crippen LogP contribution in [0.5, 0.6) is 0 Å². The second-order valence-electron chi connectivity index (χ2n) is 5.02. The molecule has 0 spiro atoms. The molecule has 0 aromatic heterocycles. The van der Waals surface area contributed by atoms with Gasteiger partial charge in [-0.25, -0.2) is 0 Å². The van der Waals surface area contributed by atoms with E-state index in [2.05, 4.69) is 43.5 Å². The molecule has 0 atom stereocenters. The van der Waals surface area contributed by atoms with Crippen molar-refractivity contribution < 1.29 is 0 Å². The van der Waals surface area contributed by atoms with Gasteiger partial charge in [0.05, 0.1) is 5.54 Å². The number of nitrogens with zero attached hydrogens (tertiary/aromatic N) is 2. The number of rotatable bonds is 3. The minimum Gasteiger partial charge on any atom is -0.306 e. The highest BCUT2D eigenvalue weighted by Crippen LogP contribution is 2.23. The third kappa shape index (κ3) is 2.96. The number of piperidine rings is 1. The van der Waals surface area contributed by atoms with Crippen LogP contribution in [0.3, 0.4) is 0 Å². The molecular formula is C13H24N2. The summed E-state index contributed by atoms with van der Waals surface area (Å²) < 4.78 is 0. The first-order chi connectivity index (χ1) is 7.01. The molecule has 0 saturated carbocycles. The van der Waals surface area contributed by atoms with Crippen LogP contribution >= 0.6 is 0 Å². The first-order valence-corrected chi connectivity index (χ1v) is 5.94. The van der Waals surface area contributed by atoms with E-state index in [4.69, 9.17) is 6.42 Å². The summed E-state index contributed by atoms with van der Waals surface area (Å²) >= 11 is 0. The van der Waals surface area contributed by atoms with Crippen LogP contribution in [-0.4, -0.2) is 48.1 Å². The summed E-state index contributed by atoms with van der Waals surface area (Å²) in [5.74, 6) is 2.91. The van der Waals surface area contributed by atoms with Crippen molar-refractivity contribution in [2.24, 2.45) is 0 Å². The van der Waals surface area contributed by atoms with Gasteiger partial charge in [0.2, 0.25) is 0 Å². The van der Waals surface area contributed by atoms with E-state index in [0.29, 0.717) is 6.04 Å². The Kier molecular flexibility index (Phi) is 4.19. The third-order valence-corrected chi connectivity index (χ3v) is 3.54. The van der Waals surface area contributed by atoms with E-state index < -0.39 is 0 Å². The lowest BCUT2D eigenvalue weighted by Gasteiger charge is -2.43. The summed E-state index contributed by atoms with van der Waals surface area (Å²) in [4.78, 5) is 4.87. The minimum atomic E-state index is -0.102. The molecule has 1 aliphatic rings. The van der Waals surface area contributed by atoms with Crippen LogP contribution in [0.25, 0.3) is 0 Å². The van der Waals surface area contributed by atoms with Crippen LogP contribution in [0, 0.1) is 12.3 Å². The van der Waals surface area contributed by atoms with Crippen molar-refractivity contribution in [2.45, 2.75) is 45.2 Å². The van der Waals surface area contributed by atoms with Gasteiger partial charge in [-0.1, -0.05) is 12.8 Å². The fourth-order valence-corrected chi connectivity index (χ4v) is 2.50. The van der Waals surface area contributed by atoms with E-state index >= 15 is 0 Å². The van der Waals surface area contributed by atoms with Crippen LogP contribution in [0.2, 0.25) is 0 Å². The highest BCUT2D eigenvalue weighted by molar-refractivity contribution is 5.09. The Balaban J connectivity index is 2.64. The maximum Gasteiger partial charge on any atom is 0.0768 e. The maximum atomic E-state index is 5.61. The minimum absolute atomic E-state index is 0.102. The van der Waals surface area contributed by atoms with Crippen LogP contribution < -0.4 is 0 Å². The summed E-state index contributed by atoms with van der Waals surface area (Å²) in [5.41, 5.74) is -0.102. The summed E-state index contributed by atoms with van der Waals surface area (Å²) in [6.07, 6.45) is 8.11. The smallest absolute Gasteiger partial charge is 0.0768 e. The molecule has 1 heterocycles. The van der Waals surface area contributed by atoms with E-state index in [0.717, 1.165) is 6.54 Å². The number of likely N-dealkylation sites (tertiary alicyclic amines) is 1. The van der Waals surface area contributed by atoms with E-state index in [-0.39, 0.29) is 5.54 Å². The predicted molar refractivity (Wildman–Crippen MR) is 65.8 cm³/mol. The second-order valence-corrected chi connectivity index (χ2v) is 5.02. The molecule has 0 aromatic rings. The van der Waals surface area contributed by atoms with Gasteiger partial charge >= 0.3 is 0 Å². The van der Waals surface area contributed by atoms with Gasteiger partial charge in [0, 0.05) is 6.04 Å². The van der Waals surface area contributed by atoms with Crippen molar-refractivity contribution in [3.8, 4) is 12.3 Å². The number of hydrogen-bond acceptors (Lipinski definition) is 2. The van der Waals surface area contributed by atoms with E-state index in [1.807, 2.05) is 0 Å². The Morgan fingerprint density at radius 3 is 2.33 bits per heavy atom. The first kappa shape index (κ1) is 12.5. The van der Waals surface area contributed by atoms with Gasteiger partial charge < -0.3 is 4.90 Å². The Morgan fingerprint density at radius 1 is 1.40 bits per heavy atom. The molecule has 1 aliphatic heterocycles. The first-order valence-electron chi connectivity index (χ1n) is 5.94. The molecule has 0 amide bonds. The number of terminal acetylenes is 1. The summed E-state index contributed by atoms with van der Waals surface area (Å²) in [5, 5.41) is 0. The molecule has 1 saturated heterocycles. The van der Waals surface area contributed by atoms with Crippen LogP contribution in [0.4, 0.5) is 0 Å². The number of hydrogen-bond donors (Lipinski definition) is 0. The fourth-order valence-electron chi connectivity index (χ4n) is 2.50. The van der Waals surface area contributed by atoms with Crippen LogP contribution in [-0.2, 0) is 0 Å². The average molecular weight is 208 g/mol. The fraction of sp³-hybridized carbons (Fsp3) is 0.846. The summed E-state index contributed by atoms with van der Waals surface area (Å²) in [6.45, 7) is 9.94. The van der Waals surface area contributed by atoms with Gasteiger partial charge in [-0.2, -0.15) is 0 Å². The van der Waals surface area contributed by atoms with E-state index in [1.165, 1.54) is 25.9 Å². The molecule has 0 N–H and O–H groups in total. The zero-order valence-corrected chi connectivity index (χ0v) is 10.6. The van der Waals surface area contributed by atoms with Crippen molar-refractivity contribution in [3.05, 3.63) is 0 Å². The molecule has 0 aromatic carbocycles. The Bertz CT molecular complexity index is 231. The lowest BCUT2D eigenvalue weighted by molar-refractivity contribution is 0.0702. The molecule has 86 valence electrons. The molecule has 2 heteroatoms. The molecule has 1 fully saturated rings. The Labute approximate surface area is 94.6 Å². The third-order valence-electron chi connectivity index (χ3n) is 3.54. The van der Waals surface area contributed by atoms with Crippen molar-refractivity contribution in [1.82, 2.24) is 9.80 Å². The SMILES string of the molecule is C#CC(C)(C)N(CC)C1CCN(C)CC1. The molecular weight excluding hydrogens is 184 g/mol. The largest absolute Gasteiger partial charge is 0.306 e. The highest BCUT2D eigenvalue weighted by Gasteiger charge is 2.31.